The van der Waals surface area contributed by atoms with E-state index >= 15 is 0 Å². The van der Waals surface area contributed by atoms with Crippen molar-refractivity contribution in [3.8, 4) is 0 Å². The Labute approximate surface area is 120 Å². The van der Waals surface area contributed by atoms with Crippen LogP contribution in [0.3, 0.4) is 0 Å². The average molecular weight is 311 g/mol. The minimum Gasteiger partial charge on any atom is -0.478 e. The van der Waals surface area contributed by atoms with Crippen LogP contribution >= 0.6 is 0 Å². The smallest absolute Gasteiger partial charge is 0.337 e. The van der Waals surface area contributed by atoms with E-state index in [-0.39, 0.29) is 22.6 Å². The number of nitrogens with two attached hydrogens (primary N) is 1. The maximum atomic E-state index is 12.0. The van der Waals surface area contributed by atoms with Gasteiger partial charge in [-0.3, -0.25) is 4.72 Å². The Bertz CT molecular complexity index is 782. The summed E-state index contributed by atoms with van der Waals surface area (Å²) in [6.45, 7) is 1.64. The highest BCUT2D eigenvalue weighted by Crippen LogP contribution is 2.21. The highest BCUT2D eigenvalue weighted by Gasteiger charge is 2.19. The van der Waals surface area contributed by atoms with Crippen LogP contribution in [0.25, 0.3) is 0 Å². The fraction of sp³-hybridized carbons (Fsp3) is 0.167. The minimum absolute atomic E-state index is 0.0947. The molecular weight excluding hydrogens is 298 g/mol. The van der Waals surface area contributed by atoms with Crippen molar-refractivity contribution in [3.05, 3.63) is 41.3 Å². The van der Waals surface area contributed by atoms with Crippen molar-refractivity contribution in [1.29, 1.82) is 0 Å². The molecule has 8 nitrogen and oxygen atoms in total. The molecule has 2 aromatic rings. The molecule has 1 aromatic heterocycles. The molecule has 21 heavy (non-hydrogen) atoms. The van der Waals surface area contributed by atoms with Gasteiger partial charge in [-0.05, 0) is 25.1 Å². The number of benzene rings is 1. The van der Waals surface area contributed by atoms with Crippen molar-refractivity contribution in [2.45, 2.75) is 12.7 Å². The lowest BCUT2D eigenvalue weighted by molar-refractivity contribution is 0.0698. The minimum atomic E-state index is -3.84. The number of anilines is 2. The van der Waals surface area contributed by atoms with Crippen molar-refractivity contribution in [1.82, 2.24) is 5.16 Å². The number of aromatic carboxylic acids is 1. The summed E-state index contributed by atoms with van der Waals surface area (Å²) in [5, 5.41) is 12.6. The largest absolute Gasteiger partial charge is 0.478 e. The Morgan fingerprint density at radius 2 is 2.14 bits per heavy atom. The van der Waals surface area contributed by atoms with Crippen LogP contribution in [0.2, 0.25) is 0 Å². The number of sulfonamides is 1. The van der Waals surface area contributed by atoms with Crippen LogP contribution < -0.4 is 10.5 Å². The Morgan fingerprint density at radius 1 is 1.43 bits per heavy atom. The number of rotatable bonds is 5. The summed E-state index contributed by atoms with van der Waals surface area (Å²) in [7, 11) is -3.84. The molecule has 0 spiro atoms. The summed E-state index contributed by atoms with van der Waals surface area (Å²) in [5.41, 5.74) is 5.73. The Morgan fingerprint density at radius 3 is 2.71 bits per heavy atom. The van der Waals surface area contributed by atoms with E-state index in [2.05, 4.69) is 9.88 Å². The molecule has 0 aliphatic heterocycles. The van der Waals surface area contributed by atoms with Crippen molar-refractivity contribution in [2.24, 2.45) is 0 Å². The van der Waals surface area contributed by atoms with Crippen LogP contribution in [0.15, 0.2) is 28.8 Å². The number of hydrogen-bond donors (Lipinski definition) is 3. The Balaban J connectivity index is 2.28. The normalized spacial score (nSPS) is 11.3. The van der Waals surface area contributed by atoms with Gasteiger partial charge in [-0.2, -0.15) is 0 Å². The highest BCUT2D eigenvalue weighted by molar-refractivity contribution is 7.91. The first-order valence-electron chi connectivity index (χ1n) is 5.82. The standard InChI is InChI=1S/C12H13N3O5S/c1-7-4-9(14-20-7)6-21(18,19)15-11-5-8(13)2-3-10(11)12(16)17/h2-5,15H,6,13H2,1H3,(H,16,17). The molecule has 0 unspecified atom stereocenters. The summed E-state index contributed by atoms with van der Waals surface area (Å²) >= 11 is 0. The lowest BCUT2D eigenvalue weighted by atomic mass is 10.1. The van der Waals surface area contributed by atoms with E-state index in [0.717, 1.165) is 0 Å². The molecule has 4 N–H and O–H groups in total. The van der Waals surface area contributed by atoms with Crippen molar-refractivity contribution in [2.75, 3.05) is 10.5 Å². The first kappa shape index (κ1) is 14.9. The van der Waals surface area contributed by atoms with Gasteiger partial charge in [0.05, 0.1) is 11.3 Å². The number of hydrogen-bond acceptors (Lipinski definition) is 6. The predicted octanol–water partition coefficient (Wildman–Crippen LogP) is 1.21. The number of nitrogens with zero attached hydrogens (tertiary/aromatic N) is 1. The molecule has 0 saturated heterocycles. The third-order valence-electron chi connectivity index (χ3n) is 2.55. The number of carboxylic acid groups (broad SMARTS) is 1. The van der Waals surface area contributed by atoms with Gasteiger partial charge in [0.2, 0.25) is 10.0 Å². The van der Waals surface area contributed by atoms with Gasteiger partial charge in [0.15, 0.2) is 0 Å². The molecule has 0 fully saturated rings. The summed E-state index contributed by atoms with van der Waals surface area (Å²) in [5.74, 6) is -1.21. The molecule has 0 saturated carbocycles. The zero-order valence-corrected chi connectivity index (χ0v) is 11.8. The van der Waals surface area contributed by atoms with Gasteiger partial charge in [0.25, 0.3) is 0 Å². The zero-order valence-electron chi connectivity index (χ0n) is 11.0. The SMILES string of the molecule is Cc1cc(CS(=O)(=O)Nc2cc(N)ccc2C(=O)O)no1. The van der Waals surface area contributed by atoms with Crippen molar-refractivity contribution in [3.63, 3.8) is 0 Å². The summed E-state index contributed by atoms with van der Waals surface area (Å²) < 4.78 is 31.1. The van der Waals surface area contributed by atoms with E-state index in [1.165, 1.54) is 24.3 Å². The van der Waals surface area contributed by atoms with Crippen LogP contribution in [0.5, 0.6) is 0 Å². The van der Waals surface area contributed by atoms with Gasteiger partial charge in [0.1, 0.15) is 17.2 Å². The maximum absolute atomic E-state index is 12.0. The van der Waals surface area contributed by atoms with E-state index in [0.29, 0.717) is 5.76 Å². The molecule has 1 heterocycles. The first-order chi connectivity index (χ1) is 9.77. The Hall–Kier alpha value is -2.55. The molecule has 2 rings (SSSR count). The monoisotopic (exact) mass is 311 g/mol. The number of aryl methyl sites for hydroxylation is 1. The quantitative estimate of drug-likeness (QED) is 0.706. The fourth-order valence-corrected chi connectivity index (χ4v) is 2.82. The topological polar surface area (TPSA) is 136 Å². The highest BCUT2D eigenvalue weighted by atomic mass is 32.2. The van der Waals surface area contributed by atoms with Gasteiger partial charge < -0.3 is 15.4 Å². The summed E-state index contributed by atoms with van der Waals surface area (Å²) in [6.07, 6.45) is 0. The lowest BCUT2D eigenvalue weighted by Crippen LogP contribution is -2.17. The van der Waals surface area contributed by atoms with Crippen LogP contribution in [-0.2, 0) is 15.8 Å². The molecule has 1 aromatic carbocycles. The molecule has 0 radical (unpaired) electrons. The molecule has 0 atom stereocenters. The molecule has 0 aliphatic rings. The van der Waals surface area contributed by atoms with Crippen molar-refractivity contribution >= 4 is 27.4 Å². The van der Waals surface area contributed by atoms with Gasteiger partial charge in [-0.1, -0.05) is 5.16 Å². The van der Waals surface area contributed by atoms with Gasteiger partial charge in [-0.25, -0.2) is 13.2 Å². The third-order valence-corrected chi connectivity index (χ3v) is 3.76. The molecular formula is C12H13N3O5S. The van der Waals surface area contributed by atoms with E-state index in [1.54, 1.807) is 6.92 Å². The Kier molecular flexibility index (Phi) is 3.85. The predicted molar refractivity (Wildman–Crippen MR) is 75.3 cm³/mol. The fourth-order valence-electron chi connectivity index (χ4n) is 1.72. The summed E-state index contributed by atoms with van der Waals surface area (Å²) in [6, 6.07) is 5.34. The number of nitrogen functional groups attached to an aromatic ring is 1. The second-order valence-electron chi connectivity index (χ2n) is 4.40. The van der Waals surface area contributed by atoms with E-state index in [4.69, 9.17) is 15.4 Å². The second-order valence-corrected chi connectivity index (χ2v) is 6.12. The number of carbonyl (C=O) groups is 1. The number of aromatic nitrogens is 1. The molecule has 112 valence electrons. The van der Waals surface area contributed by atoms with Crippen LogP contribution in [-0.4, -0.2) is 24.7 Å². The van der Waals surface area contributed by atoms with Crippen LogP contribution in [0, 0.1) is 6.92 Å². The van der Waals surface area contributed by atoms with E-state index in [1.807, 2.05) is 0 Å². The second kappa shape index (κ2) is 5.44. The molecule has 0 bridgehead atoms. The van der Waals surface area contributed by atoms with E-state index < -0.39 is 21.7 Å². The van der Waals surface area contributed by atoms with Crippen LogP contribution in [0.4, 0.5) is 11.4 Å². The van der Waals surface area contributed by atoms with Gasteiger partial charge in [-0.15, -0.1) is 0 Å². The third kappa shape index (κ3) is 3.72. The number of carboxylic acids is 1. The average Bonchev–Trinajstić information content (AvgIpc) is 2.72. The summed E-state index contributed by atoms with van der Waals surface area (Å²) in [4.78, 5) is 11.1. The maximum Gasteiger partial charge on any atom is 0.337 e. The number of nitrogens with one attached hydrogen (secondary N) is 1. The molecule has 9 heteroatoms. The van der Waals surface area contributed by atoms with Crippen LogP contribution in [0.1, 0.15) is 21.8 Å². The van der Waals surface area contributed by atoms with Crippen molar-refractivity contribution < 1.29 is 22.8 Å². The lowest BCUT2D eigenvalue weighted by Gasteiger charge is -2.10. The van der Waals surface area contributed by atoms with Gasteiger partial charge in [0, 0.05) is 11.8 Å². The van der Waals surface area contributed by atoms with E-state index in [9.17, 15) is 13.2 Å². The molecule has 0 aliphatic carbocycles. The van der Waals surface area contributed by atoms with Gasteiger partial charge >= 0.3 is 5.97 Å². The first-order valence-corrected chi connectivity index (χ1v) is 7.47. The zero-order chi connectivity index (χ0) is 15.6. The molecule has 0 amide bonds.